The average Bonchev–Trinajstić information content (AvgIpc) is 2.65. The maximum Gasteiger partial charge on any atom is 0.162 e. The number of anilines is 1. The summed E-state index contributed by atoms with van der Waals surface area (Å²) in [5.41, 5.74) is 4.50. The van der Waals surface area contributed by atoms with Crippen molar-refractivity contribution in [3.05, 3.63) is 58.8 Å². The van der Waals surface area contributed by atoms with Crippen LogP contribution in [0, 0.1) is 0 Å². The molecule has 0 spiro atoms. The molecular formula is C21H21NO4. The number of carbonyl (C=O) groups is 1. The molecule has 5 nitrogen and oxygen atoms in total. The number of methoxy groups -OCH3 is 2. The number of aromatic hydroxyl groups is 1. The van der Waals surface area contributed by atoms with Gasteiger partial charge in [-0.1, -0.05) is 12.1 Å². The molecule has 26 heavy (non-hydrogen) atoms. The van der Waals surface area contributed by atoms with E-state index in [4.69, 9.17) is 9.47 Å². The molecule has 2 N–H and O–H groups in total. The van der Waals surface area contributed by atoms with E-state index in [9.17, 15) is 9.90 Å². The maximum atomic E-state index is 12.8. The molecule has 0 amide bonds. The minimum Gasteiger partial charge on any atom is -0.508 e. The van der Waals surface area contributed by atoms with Crippen molar-refractivity contribution in [1.82, 2.24) is 0 Å². The Morgan fingerprint density at radius 3 is 2.58 bits per heavy atom. The number of fused-ring (bicyclic) bond motifs is 1. The van der Waals surface area contributed by atoms with E-state index in [1.807, 2.05) is 18.2 Å². The molecule has 2 aromatic carbocycles. The number of hydrogen-bond acceptors (Lipinski definition) is 5. The van der Waals surface area contributed by atoms with E-state index in [2.05, 4.69) is 5.32 Å². The number of benzene rings is 2. The summed E-state index contributed by atoms with van der Waals surface area (Å²) >= 11 is 0. The van der Waals surface area contributed by atoms with Crippen LogP contribution < -0.4 is 14.8 Å². The van der Waals surface area contributed by atoms with E-state index >= 15 is 0 Å². The molecule has 1 aliphatic heterocycles. The van der Waals surface area contributed by atoms with Gasteiger partial charge in [-0.2, -0.15) is 0 Å². The van der Waals surface area contributed by atoms with Gasteiger partial charge in [-0.15, -0.1) is 0 Å². The van der Waals surface area contributed by atoms with Crippen molar-refractivity contribution in [1.29, 1.82) is 0 Å². The first-order chi connectivity index (χ1) is 12.6. The van der Waals surface area contributed by atoms with E-state index < -0.39 is 0 Å². The SMILES string of the molecule is COc1cc2c(cc1OC)C(c1cccc(O)c1)C1=C(CCCC1=O)N2. The van der Waals surface area contributed by atoms with Crippen LogP contribution in [0.15, 0.2) is 47.7 Å². The summed E-state index contributed by atoms with van der Waals surface area (Å²) in [6, 6.07) is 10.9. The van der Waals surface area contributed by atoms with Crippen LogP contribution in [-0.2, 0) is 4.79 Å². The van der Waals surface area contributed by atoms with Gasteiger partial charge in [0.25, 0.3) is 0 Å². The van der Waals surface area contributed by atoms with Crippen molar-refractivity contribution in [2.24, 2.45) is 0 Å². The van der Waals surface area contributed by atoms with Crippen molar-refractivity contribution < 1.29 is 19.4 Å². The van der Waals surface area contributed by atoms with Crippen molar-refractivity contribution in [2.75, 3.05) is 19.5 Å². The number of hydrogen-bond donors (Lipinski definition) is 2. The van der Waals surface area contributed by atoms with E-state index in [1.54, 1.807) is 32.4 Å². The third-order valence-electron chi connectivity index (χ3n) is 5.10. The maximum absolute atomic E-state index is 12.8. The molecule has 2 aliphatic rings. The molecule has 0 bridgehead atoms. The molecule has 0 fully saturated rings. The summed E-state index contributed by atoms with van der Waals surface area (Å²) in [5.74, 6) is 1.37. The average molecular weight is 351 g/mol. The molecule has 0 aromatic heterocycles. The number of ketones is 1. The number of phenols is 1. The second-order valence-electron chi connectivity index (χ2n) is 6.62. The van der Waals surface area contributed by atoms with Crippen LogP contribution in [0.3, 0.4) is 0 Å². The fourth-order valence-corrected chi connectivity index (χ4v) is 3.94. The molecule has 134 valence electrons. The molecule has 0 radical (unpaired) electrons. The zero-order chi connectivity index (χ0) is 18.3. The van der Waals surface area contributed by atoms with Crippen molar-refractivity contribution >= 4 is 11.5 Å². The van der Waals surface area contributed by atoms with Gasteiger partial charge in [0.05, 0.1) is 14.2 Å². The largest absolute Gasteiger partial charge is 0.508 e. The van der Waals surface area contributed by atoms with Crippen LogP contribution in [0.2, 0.25) is 0 Å². The second kappa shape index (κ2) is 6.41. The first-order valence-electron chi connectivity index (χ1n) is 8.70. The molecule has 2 aromatic rings. The Morgan fingerprint density at radius 1 is 1.08 bits per heavy atom. The Morgan fingerprint density at radius 2 is 1.85 bits per heavy atom. The lowest BCUT2D eigenvalue weighted by Crippen LogP contribution is -2.27. The highest BCUT2D eigenvalue weighted by Gasteiger charge is 2.36. The van der Waals surface area contributed by atoms with Gasteiger partial charge in [-0.3, -0.25) is 4.79 Å². The lowest BCUT2D eigenvalue weighted by Gasteiger charge is -2.34. The van der Waals surface area contributed by atoms with Crippen LogP contribution in [0.4, 0.5) is 5.69 Å². The van der Waals surface area contributed by atoms with Gasteiger partial charge in [0, 0.05) is 35.4 Å². The lowest BCUT2D eigenvalue weighted by molar-refractivity contribution is -0.116. The fraction of sp³-hybridized carbons (Fsp3) is 0.286. The third kappa shape index (κ3) is 2.60. The summed E-state index contributed by atoms with van der Waals surface area (Å²) in [6.07, 6.45) is 2.24. The number of rotatable bonds is 3. The highest BCUT2D eigenvalue weighted by molar-refractivity contribution is 6.01. The zero-order valence-corrected chi connectivity index (χ0v) is 14.8. The second-order valence-corrected chi connectivity index (χ2v) is 6.62. The zero-order valence-electron chi connectivity index (χ0n) is 14.8. The topological polar surface area (TPSA) is 67.8 Å². The van der Waals surface area contributed by atoms with Crippen LogP contribution in [0.1, 0.15) is 36.3 Å². The van der Waals surface area contributed by atoms with Gasteiger partial charge in [0.15, 0.2) is 17.3 Å². The normalized spacial score (nSPS) is 18.7. The van der Waals surface area contributed by atoms with Gasteiger partial charge in [-0.25, -0.2) is 0 Å². The van der Waals surface area contributed by atoms with E-state index in [-0.39, 0.29) is 17.5 Å². The van der Waals surface area contributed by atoms with Gasteiger partial charge < -0.3 is 19.9 Å². The van der Waals surface area contributed by atoms with Crippen LogP contribution >= 0.6 is 0 Å². The summed E-state index contributed by atoms with van der Waals surface area (Å²) in [4.78, 5) is 12.8. The lowest BCUT2D eigenvalue weighted by atomic mass is 9.75. The summed E-state index contributed by atoms with van der Waals surface area (Å²) in [6.45, 7) is 0. The van der Waals surface area contributed by atoms with E-state index in [1.165, 1.54) is 0 Å². The van der Waals surface area contributed by atoms with Crippen molar-refractivity contribution in [2.45, 2.75) is 25.2 Å². The smallest absolute Gasteiger partial charge is 0.162 e. The Bertz CT molecular complexity index is 916. The number of phenolic OH excluding ortho intramolecular Hbond substituents is 1. The summed E-state index contributed by atoms with van der Waals surface area (Å²) in [7, 11) is 3.20. The number of carbonyl (C=O) groups excluding carboxylic acids is 1. The minimum absolute atomic E-state index is 0.160. The first-order valence-corrected chi connectivity index (χ1v) is 8.70. The molecule has 1 aliphatic carbocycles. The van der Waals surface area contributed by atoms with Crippen LogP contribution in [0.25, 0.3) is 0 Å². The third-order valence-corrected chi connectivity index (χ3v) is 5.10. The Balaban J connectivity index is 1.96. The Labute approximate surface area is 152 Å². The monoisotopic (exact) mass is 351 g/mol. The quantitative estimate of drug-likeness (QED) is 0.876. The Hall–Kier alpha value is -2.95. The fourth-order valence-electron chi connectivity index (χ4n) is 3.94. The first kappa shape index (κ1) is 16.5. The van der Waals surface area contributed by atoms with Crippen LogP contribution in [0.5, 0.6) is 17.2 Å². The number of nitrogens with one attached hydrogen (secondary N) is 1. The molecule has 0 saturated heterocycles. The minimum atomic E-state index is -0.235. The van der Waals surface area contributed by atoms with Crippen molar-refractivity contribution in [3.8, 4) is 17.2 Å². The summed E-state index contributed by atoms with van der Waals surface area (Å²) < 4.78 is 10.9. The standard InChI is InChI=1S/C21H21NO4/c1-25-18-10-14-16(11-19(18)26-2)22-15-7-4-8-17(24)21(15)20(14)12-5-3-6-13(23)9-12/h3,5-6,9-11,20,22-23H,4,7-8H2,1-2H3. The molecule has 5 heteroatoms. The van der Waals surface area contributed by atoms with Gasteiger partial charge >= 0.3 is 0 Å². The number of Topliss-reactive ketones (excluding diaryl/α,β-unsaturated/α-hetero) is 1. The molecular weight excluding hydrogens is 330 g/mol. The number of allylic oxidation sites excluding steroid dienone is 2. The summed E-state index contributed by atoms with van der Waals surface area (Å²) in [5, 5.41) is 13.4. The molecule has 1 unspecified atom stereocenters. The highest BCUT2D eigenvalue weighted by Crippen LogP contribution is 2.48. The Kier molecular flexibility index (Phi) is 4.07. The molecule has 0 saturated carbocycles. The predicted octanol–water partition coefficient (Wildman–Crippen LogP) is 3.97. The van der Waals surface area contributed by atoms with E-state index in [0.29, 0.717) is 17.9 Å². The molecule has 4 rings (SSSR count). The molecule has 1 heterocycles. The predicted molar refractivity (Wildman–Crippen MR) is 99.0 cm³/mol. The number of ether oxygens (including phenoxy) is 2. The van der Waals surface area contributed by atoms with Gasteiger partial charge in [0.2, 0.25) is 0 Å². The van der Waals surface area contributed by atoms with E-state index in [0.717, 1.165) is 40.9 Å². The van der Waals surface area contributed by atoms with Gasteiger partial charge in [0.1, 0.15) is 5.75 Å². The van der Waals surface area contributed by atoms with Gasteiger partial charge in [-0.05, 0) is 42.2 Å². The van der Waals surface area contributed by atoms with Crippen molar-refractivity contribution in [3.63, 3.8) is 0 Å². The molecule has 1 atom stereocenters. The highest BCUT2D eigenvalue weighted by atomic mass is 16.5. The van der Waals surface area contributed by atoms with Crippen LogP contribution in [-0.4, -0.2) is 25.1 Å².